The molecule has 2 aliphatic heterocycles. The molecule has 7 nitrogen and oxygen atoms in total. The molecule has 0 spiro atoms. The Hall–Kier alpha value is -2.41. The van der Waals surface area contributed by atoms with Gasteiger partial charge in [0.25, 0.3) is 0 Å². The number of amides is 2. The fourth-order valence-corrected chi connectivity index (χ4v) is 3.56. The van der Waals surface area contributed by atoms with E-state index >= 15 is 0 Å². The maximum absolute atomic E-state index is 12.8. The second kappa shape index (κ2) is 6.60. The highest BCUT2D eigenvalue weighted by Crippen LogP contribution is 2.38. The first kappa shape index (κ1) is 15.1. The Balaban J connectivity index is 1.57. The number of urea groups is 1. The molecule has 3 heterocycles. The lowest BCUT2D eigenvalue weighted by molar-refractivity contribution is 0.0450. The third-order valence-corrected chi connectivity index (χ3v) is 4.81. The summed E-state index contributed by atoms with van der Waals surface area (Å²) in [5, 5.41) is 4.02. The number of hydrogen-bond donors (Lipinski definition) is 0. The van der Waals surface area contributed by atoms with Crippen molar-refractivity contribution in [1.29, 1.82) is 0 Å². The third-order valence-electron chi connectivity index (χ3n) is 4.81. The van der Waals surface area contributed by atoms with Crippen LogP contribution < -0.4 is 0 Å². The number of ether oxygens (including phenoxy) is 1. The monoisotopic (exact) mass is 328 g/mol. The van der Waals surface area contributed by atoms with Gasteiger partial charge >= 0.3 is 6.03 Å². The van der Waals surface area contributed by atoms with Gasteiger partial charge in [0.2, 0.25) is 6.39 Å². The standard InChI is InChI=1S/C17H20N4O3/c22-17(20-6-8-23-9-7-20)21-10-14(13-4-2-1-3-5-13)15(11-21)16-18-12-24-19-16/h1-5,12,14-15H,6-11H2/t14-,15+/m1/s1. The van der Waals surface area contributed by atoms with Gasteiger partial charge in [-0.2, -0.15) is 4.98 Å². The van der Waals surface area contributed by atoms with Crippen molar-refractivity contribution < 1.29 is 14.1 Å². The molecule has 7 heteroatoms. The molecule has 2 atom stereocenters. The number of hydrogen-bond acceptors (Lipinski definition) is 5. The van der Waals surface area contributed by atoms with Crippen LogP contribution in [-0.4, -0.2) is 65.4 Å². The van der Waals surface area contributed by atoms with Crippen LogP contribution in [0.4, 0.5) is 4.79 Å². The Morgan fingerprint density at radius 2 is 1.79 bits per heavy atom. The number of carbonyl (C=O) groups excluding carboxylic acids is 1. The van der Waals surface area contributed by atoms with Crippen molar-refractivity contribution in [3.8, 4) is 0 Å². The third kappa shape index (κ3) is 2.87. The van der Waals surface area contributed by atoms with Crippen molar-refractivity contribution in [1.82, 2.24) is 19.9 Å². The Labute approximate surface area is 140 Å². The second-order valence-corrected chi connectivity index (χ2v) is 6.20. The highest BCUT2D eigenvalue weighted by Gasteiger charge is 2.40. The molecule has 24 heavy (non-hydrogen) atoms. The van der Waals surface area contributed by atoms with Gasteiger partial charge in [0.15, 0.2) is 5.82 Å². The molecule has 126 valence electrons. The minimum absolute atomic E-state index is 0.0520. The van der Waals surface area contributed by atoms with E-state index in [4.69, 9.17) is 9.26 Å². The summed E-state index contributed by atoms with van der Waals surface area (Å²) >= 11 is 0. The van der Waals surface area contributed by atoms with Gasteiger partial charge in [-0.1, -0.05) is 35.5 Å². The van der Waals surface area contributed by atoms with Crippen molar-refractivity contribution in [3.05, 3.63) is 48.1 Å². The zero-order valence-corrected chi connectivity index (χ0v) is 13.4. The van der Waals surface area contributed by atoms with Crippen LogP contribution in [0.15, 0.2) is 41.2 Å². The smallest absolute Gasteiger partial charge is 0.320 e. The first-order chi connectivity index (χ1) is 11.8. The number of morpholine rings is 1. The van der Waals surface area contributed by atoms with Crippen LogP contribution in [0.3, 0.4) is 0 Å². The van der Waals surface area contributed by atoms with Crippen LogP contribution in [0.1, 0.15) is 23.2 Å². The van der Waals surface area contributed by atoms with E-state index in [1.165, 1.54) is 12.0 Å². The van der Waals surface area contributed by atoms with Gasteiger partial charge in [-0.3, -0.25) is 0 Å². The normalized spacial score (nSPS) is 24.3. The van der Waals surface area contributed by atoms with E-state index < -0.39 is 0 Å². The quantitative estimate of drug-likeness (QED) is 0.839. The molecule has 0 bridgehead atoms. The van der Waals surface area contributed by atoms with Gasteiger partial charge in [0.05, 0.1) is 13.2 Å². The van der Waals surface area contributed by atoms with Crippen molar-refractivity contribution in [2.75, 3.05) is 39.4 Å². The number of carbonyl (C=O) groups is 1. The summed E-state index contributed by atoms with van der Waals surface area (Å²) in [6.45, 7) is 3.79. The fourth-order valence-electron chi connectivity index (χ4n) is 3.56. The van der Waals surface area contributed by atoms with Crippen LogP contribution >= 0.6 is 0 Å². The molecule has 0 N–H and O–H groups in total. The molecule has 2 aliphatic rings. The van der Waals surface area contributed by atoms with Crippen LogP contribution in [0.25, 0.3) is 0 Å². The Morgan fingerprint density at radius 3 is 2.50 bits per heavy atom. The zero-order chi connectivity index (χ0) is 16.4. The highest BCUT2D eigenvalue weighted by molar-refractivity contribution is 5.75. The Morgan fingerprint density at radius 1 is 1.04 bits per heavy atom. The molecule has 0 aliphatic carbocycles. The molecule has 0 unspecified atom stereocenters. The summed E-state index contributed by atoms with van der Waals surface area (Å²) in [5.74, 6) is 0.895. The van der Waals surface area contributed by atoms with Crippen molar-refractivity contribution >= 4 is 6.03 Å². The topological polar surface area (TPSA) is 71.7 Å². The molecular weight excluding hydrogens is 308 g/mol. The lowest BCUT2D eigenvalue weighted by atomic mass is 9.88. The van der Waals surface area contributed by atoms with E-state index in [0.29, 0.717) is 45.2 Å². The van der Waals surface area contributed by atoms with Gasteiger partial charge in [-0.25, -0.2) is 4.79 Å². The van der Waals surface area contributed by atoms with Crippen LogP contribution in [-0.2, 0) is 4.74 Å². The number of nitrogens with zero attached hydrogens (tertiary/aromatic N) is 4. The maximum Gasteiger partial charge on any atom is 0.320 e. The maximum atomic E-state index is 12.8. The molecule has 0 saturated carbocycles. The zero-order valence-electron chi connectivity index (χ0n) is 13.4. The van der Waals surface area contributed by atoms with Crippen molar-refractivity contribution in [3.63, 3.8) is 0 Å². The van der Waals surface area contributed by atoms with Crippen molar-refractivity contribution in [2.24, 2.45) is 0 Å². The average Bonchev–Trinajstić information content (AvgIpc) is 3.32. The first-order valence-corrected chi connectivity index (χ1v) is 8.26. The predicted molar refractivity (Wildman–Crippen MR) is 85.6 cm³/mol. The summed E-state index contributed by atoms with van der Waals surface area (Å²) in [6, 6.07) is 10.3. The molecule has 2 amide bonds. The summed E-state index contributed by atoms with van der Waals surface area (Å²) in [6.07, 6.45) is 1.35. The number of aromatic nitrogens is 2. The lowest BCUT2D eigenvalue weighted by Gasteiger charge is -2.31. The molecule has 1 aromatic heterocycles. The van der Waals surface area contributed by atoms with Gasteiger partial charge in [0.1, 0.15) is 0 Å². The highest BCUT2D eigenvalue weighted by atomic mass is 16.5. The first-order valence-electron chi connectivity index (χ1n) is 8.26. The predicted octanol–water partition coefficient (Wildman–Crippen LogP) is 1.70. The second-order valence-electron chi connectivity index (χ2n) is 6.20. The number of rotatable bonds is 2. The number of likely N-dealkylation sites (tertiary alicyclic amines) is 1. The summed E-state index contributed by atoms with van der Waals surface area (Å²) < 4.78 is 10.3. The van der Waals surface area contributed by atoms with Crippen LogP contribution in [0.2, 0.25) is 0 Å². The van der Waals surface area contributed by atoms with E-state index in [-0.39, 0.29) is 17.9 Å². The average molecular weight is 328 g/mol. The molecule has 2 saturated heterocycles. The minimum atomic E-state index is 0.0520. The van der Waals surface area contributed by atoms with Gasteiger partial charge in [0, 0.05) is 38.0 Å². The molecule has 1 aromatic carbocycles. The molecule has 2 aromatic rings. The lowest BCUT2D eigenvalue weighted by Crippen LogP contribution is -2.47. The molecule has 4 rings (SSSR count). The summed E-state index contributed by atoms with van der Waals surface area (Å²) in [7, 11) is 0. The number of benzene rings is 1. The fraction of sp³-hybridized carbons (Fsp3) is 0.471. The van der Waals surface area contributed by atoms with Crippen molar-refractivity contribution in [2.45, 2.75) is 11.8 Å². The van der Waals surface area contributed by atoms with E-state index in [1.807, 2.05) is 28.0 Å². The van der Waals surface area contributed by atoms with Gasteiger partial charge in [-0.05, 0) is 5.56 Å². The molecule has 2 fully saturated rings. The van der Waals surface area contributed by atoms with E-state index in [9.17, 15) is 4.79 Å². The Kier molecular flexibility index (Phi) is 4.17. The SMILES string of the molecule is O=C(N1CCOCC1)N1C[C@H](c2ccccc2)[C@@H](c2ncon2)C1. The van der Waals surface area contributed by atoms with Gasteiger partial charge < -0.3 is 19.1 Å². The van der Waals surface area contributed by atoms with E-state index in [2.05, 4.69) is 22.3 Å². The van der Waals surface area contributed by atoms with Crippen LogP contribution in [0.5, 0.6) is 0 Å². The van der Waals surface area contributed by atoms with E-state index in [0.717, 1.165) is 0 Å². The summed E-state index contributed by atoms with van der Waals surface area (Å²) in [5.41, 5.74) is 1.20. The minimum Gasteiger partial charge on any atom is -0.378 e. The molecule has 0 radical (unpaired) electrons. The largest absolute Gasteiger partial charge is 0.378 e. The van der Waals surface area contributed by atoms with E-state index in [1.54, 1.807) is 0 Å². The molecular formula is C17H20N4O3. The van der Waals surface area contributed by atoms with Crippen LogP contribution in [0, 0.1) is 0 Å². The Bertz CT molecular complexity index is 670. The summed E-state index contributed by atoms with van der Waals surface area (Å²) in [4.78, 5) is 20.8. The van der Waals surface area contributed by atoms with Gasteiger partial charge in [-0.15, -0.1) is 0 Å².